The molecule has 4 aromatic rings. The molecule has 0 amide bonds. The van der Waals surface area contributed by atoms with Crippen molar-refractivity contribution in [2.75, 3.05) is 0 Å². The van der Waals surface area contributed by atoms with Crippen LogP contribution in [0.25, 0.3) is 69.8 Å². The van der Waals surface area contributed by atoms with Crippen LogP contribution in [0.1, 0.15) is 116 Å². The summed E-state index contributed by atoms with van der Waals surface area (Å²) in [4.78, 5) is 68.1. The fourth-order valence-electron chi connectivity index (χ4n) is 5.24. The van der Waals surface area contributed by atoms with E-state index in [4.69, 9.17) is 0 Å². The molecule has 0 atom stereocenters. The van der Waals surface area contributed by atoms with E-state index in [1.54, 1.807) is 72.8 Å². The lowest BCUT2D eigenvalue weighted by molar-refractivity contribution is -0.132. The van der Waals surface area contributed by atoms with E-state index < -0.39 is 35.8 Å². The van der Waals surface area contributed by atoms with Crippen molar-refractivity contribution in [1.82, 2.24) is 0 Å². The topological polar surface area (TPSA) is 224 Å². The summed E-state index contributed by atoms with van der Waals surface area (Å²) in [7, 11) is 0. The average molecular weight is 907 g/mol. The maximum Gasteiger partial charge on any atom is 0.328 e. The number of hydrogen-bond donors (Lipinski definition) is 6. The Balaban J connectivity index is -0.00000305. The third-order valence-corrected chi connectivity index (χ3v) is 7.38. The molecule has 0 aromatic heterocycles. The third-order valence-electron chi connectivity index (χ3n) is 7.38. The number of carboxylic acids is 6. The molecule has 0 spiro atoms. The highest BCUT2D eigenvalue weighted by Crippen LogP contribution is 2.36. The van der Waals surface area contributed by atoms with Crippen molar-refractivity contribution in [3.8, 4) is 33.4 Å². The summed E-state index contributed by atoms with van der Waals surface area (Å²) in [5.41, 5.74) is 5.76. The Morgan fingerprint density at radius 3 is 0.485 bits per heavy atom. The van der Waals surface area contributed by atoms with Crippen LogP contribution in [0.4, 0.5) is 0 Å². The van der Waals surface area contributed by atoms with Gasteiger partial charge in [-0.15, -0.1) is 0 Å². The molecule has 4 rings (SSSR count). The third kappa shape index (κ3) is 25.3. The Bertz CT molecular complexity index is 1960. The van der Waals surface area contributed by atoms with Gasteiger partial charge in [0, 0.05) is 36.5 Å². The van der Waals surface area contributed by atoms with E-state index in [1.165, 1.54) is 36.5 Å². The average Bonchev–Trinajstić information content (AvgIpc) is 3.33. The highest BCUT2D eigenvalue weighted by Gasteiger charge is 2.12. The van der Waals surface area contributed by atoms with Crippen molar-refractivity contribution in [3.63, 3.8) is 0 Å². The molecule has 66 heavy (non-hydrogen) atoms. The largest absolute Gasteiger partial charge is 0.478 e. The number of benzene rings is 4. The van der Waals surface area contributed by atoms with Crippen molar-refractivity contribution in [3.05, 3.63) is 143 Å². The zero-order valence-corrected chi connectivity index (χ0v) is 40.0. The second-order valence-electron chi connectivity index (χ2n) is 11.5. The van der Waals surface area contributed by atoms with Gasteiger partial charge in [-0.1, -0.05) is 83.1 Å². The van der Waals surface area contributed by atoms with Gasteiger partial charge in [-0.25, -0.2) is 28.8 Å². The lowest BCUT2D eigenvalue weighted by Crippen LogP contribution is -1.92. The molecule has 0 aliphatic heterocycles. The summed E-state index contributed by atoms with van der Waals surface area (Å²) in [5, 5.41) is 55.6. The van der Waals surface area contributed by atoms with Crippen LogP contribution >= 0.6 is 0 Å². The maximum atomic E-state index is 11.3. The van der Waals surface area contributed by atoms with Crippen molar-refractivity contribution in [2.45, 2.75) is 83.1 Å². The summed E-state index contributed by atoms with van der Waals surface area (Å²) < 4.78 is 0. The summed E-state index contributed by atoms with van der Waals surface area (Å²) in [6, 6.07) is 20.2. The molecule has 0 saturated heterocycles. The van der Waals surface area contributed by atoms with Crippen LogP contribution in [-0.4, -0.2) is 66.5 Å². The standard InChI is InChI=1S/C42H30O12.6C2H6/c43-37(44)7-1-25-13-26(2-8-38(45)46)17-31(16-25)34-22-35(32-18-27(3-9-39(47)48)14-28(19-32)4-10-40(49)50)24-36(23-34)33-20-29(5-11-41(51)52)15-30(21-33)6-12-42(53)54;6*1-2/h1-24H,(H,43,44)(H,45,46)(H,47,48)(H,49,50)(H,51,52)(H,53,54);6*1-2H3/b7-1+,8-2+,9-3+,10-4+,11-5+,12-6+;;;;;;. The zero-order valence-electron chi connectivity index (χ0n) is 40.0. The van der Waals surface area contributed by atoms with Crippen LogP contribution in [-0.2, 0) is 28.8 Å². The second-order valence-corrected chi connectivity index (χ2v) is 11.5. The van der Waals surface area contributed by atoms with E-state index in [0.29, 0.717) is 66.8 Å². The van der Waals surface area contributed by atoms with Gasteiger partial charge in [-0.3, -0.25) is 0 Å². The number of aliphatic carboxylic acids is 6. The predicted molar refractivity (Wildman–Crippen MR) is 271 cm³/mol. The molecule has 4 aromatic carbocycles. The van der Waals surface area contributed by atoms with Crippen molar-refractivity contribution >= 4 is 72.3 Å². The highest BCUT2D eigenvalue weighted by atomic mass is 16.4. The Morgan fingerprint density at radius 1 is 0.242 bits per heavy atom. The van der Waals surface area contributed by atoms with Gasteiger partial charge in [0.05, 0.1) is 0 Å². The molecule has 0 heterocycles. The first-order valence-electron chi connectivity index (χ1n) is 21.7. The molecule has 0 unspecified atom stereocenters. The van der Waals surface area contributed by atoms with E-state index in [-0.39, 0.29) is 0 Å². The van der Waals surface area contributed by atoms with Gasteiger partial charge < -0.3 is 30.6 Å². The number of rotatable bonds is 15. The first-order chi connectivity index (χ1) is 31.6. The van der Waals surface area contributed by atoms with E-state index in [2.05, 4.69) is 0 Å². The molecule has 12 nitrogen and oxygen atoms in total. The summed E-state index contributed by atoms with van der Waals surface area (Å²) >= 11 is 0. The minimum absolute atomic E-state index is 0.427. The molecule has 0 bridgehead atoms. The first-order valence-corrected chi connectivity index (χ1v) is 21.7. The molecule has 0 radical (unpaired) electrons. The Labute approximate surface area is 389 Å². The van der Waals surface area contributed by atoms with Gasteiger partial charge in [-0.05, 0) is 176 Å². The van der Waals surface area contributed by atoms with E-state index in [0.717, 1.165) is 36.5 Å². The summed E-state index contributed by atoms with van der Waals surface area (Å²) in [6.07, 6.45) is 13.6. The Hall–Kier alpha value is -7.86. The first kappa shape index (κ1) is 62.4. The maximum absolute atomic E-state index is 11.3. The summed E-state index contributed by atoms with van der Waals surface area (Å²) in [6.45, 7) is 24.0. The highest BCUT2D eigenvalue weighted by molar-refractivity contribution is 5.92. The van der Waals surface area contributed by atoms with Crippen LogP contribution in [0, 0.1) is 0 Å². The van der Waals surface area contributed by atoms with Crippen molar-refractivity contribution in [2.24, 2.45) is 0 Å². The summed E-state index contributed by atoms with van der Waals surface area (Å²) in [5.74, 6) is -7.24. The molecule has 354 valence electrons. The monoisotopic (exact) mass is 906 g/mol. The smallest absolute Gasteiger partial charge is 0.328 e. The predicted octanol–water partition coefficient (Wildman–Crippen LogP) is 13.4. The Morgan fingerprint density at radius 2 is 0.364 bits per heavy atom. The lowest BCUT2D eigenvalue weighted by atomic mass is 9.90. The molecule has 12 heteroatoms. The van der Waals surface area contributed by atoms with Crippen molar-refractivity contribution in [1.29, 1.82) is 0 Å². The molecular weight excluding hydrogens is 841 g/mol. The Kier molecular flexibility index (Phi) is 34.6. The van der Waals surface area contributed by atoms with E-state index in [1.807, 2.05) is 83.1 Å². The van der Waals surface area contributed by atoms with Gasteiger partial charge in [0.25, 0.3) is 0 Å². The molecule has 0 aliphatic rings. The second kappa shape index (κ2) is 36.6. The van der Waals surface area contributed by atoms with Crippen LogP contribution in [0.5, 0.6) is 0 Å². The van der Waals surface area contributed by atoms with Gasteiger partial charge in [0.2, 0.25) is 0 Å². The molecule has 0 fully saturated rings. The molecule has 0 aliphatic carbocycles. The van der Waals surface area contributed by atoms with Gasteiger partial charge >= 0.3 is 35.8 Å². The number of carboxylic acid groups (broad SMARTS) is 6. The number of carbonyl (C=O) groups is 6. The van der Waals surface area contributed by atoms with Gasteiger partial charge in [0.1, 0.15) is 0 Å². The van der Waals surface area contributed by atoms with Gasteiger partial charge in [-0.2, -0.15) is 0 Å². The SMILES string of the molecule is CC.CC.CC.CC.CC.CC.O=C(O)/C=C/c1cc(/C=C/C(=O)O)cc(-c2cc(-c3cc(/C=C/C(=O)O)cc(/C=C/C(=O)O)c3)cc(-c3cc(/C=C/C(=O)O)cc(/C=C/C(=O)O)c3)c2)c1. The number of hydrogen-bond acceptors (Lipinski definition) is 6. The fraction of sp³-hybridized carbons (Fsp3) is 0.222. The van der Waals surface area contributed by atoms with Crippen LogP contribution in [0.2, 0.25) is 0 Å². The fourth-order valence-corrected chi connectivity index (χ4v) is 5.24. The van der Waals surface area contributed by atoms with E-state index >= 15 is 0 Å². The van der Waals surface area contributed by atoms with E-state index in [9.17, 15) is 59.4 Å². The van der Waals surface area contributed by atoms with Crippen molar-refractivity contribution < 1.29 is 59.4 Å². The van der Waals surface area contributed by atoms with Crippen LogP contribution < -0.4 is 0 Å². The van der Waals surface area contributed by atoms with Crippen LogP contribution in [0.15, 0.2) is 109 Å². The lowest BCUT2D eigenvalue weighted by Gasteiger charge is -2.15. The molecule has 0 saturated carbocycles. The normalized spacial score (nSPS) is 10.2. The quantitative estimate of drug-likeness (QED) is 0.0613. The van der Waals surface area contributed by atoms with Gasteiger partial charge in [0.15, 0.2) is 0 Å². The molecule has 6 N–H and O–H groups in total. The van der Waals surface area contributed by atoms with Crippen LogP contribution in [0.3, 0.4) is 0 Å². The minimum Gasteiger partial charge on any atom is -0.478 e. The minimum atomic E-state index is -1.21. The zero-order chi connectivity index (χ0) is 51.4. The molecular formula is C54H66O12.